The summed E-state index contributed by atoms with van der Waals surface area (Å²) >= 11 is 4.92. The summed E-state index contributed by atoms with van der Waals surface area (Å²) in [6.07, 6.45) is 0. The Balaban J connectivity index is 2.37. The molecule has 0 unspecified atom stereocenters. The predicted molar refractivity (Wildman–Crippen MR) is 82.6 cm³/mol. The van der Waals surface area contributed by atoms with E-state index in [1.807, 2.05) is 31.2 Å². The number of aromatic nitrogens is 2. The van der Waals surface area contributed by atoms with Gasteiger partial charge in [0.05, 0.1) is 11.4 Å². The van der Waals surface area contributed by atoms with Crippen molar-refractivity contribution in [3.63, 3.8) is 0 Å². The summed E-state index contributed by atoms with van der Waals surface area (Å²) in [6.45, 7) is 3.71. The van der Waals surface area contributed by atoms with Crippen molar-refractivity contribution in [2.75, 3.05) is 0 Å². The van der Waals surface area contributed by atoms with Crippen molar-refractivity contribution in [3.05, 3.63) is 45.0 Å². The molecular weight excluding hydrogens is 340 g/mol. The molecular formula is C14H11BrN2O2S. The molecule has 1 aromatic carbocycles. The highest BCUT2D eigenvalue weighted by atomic mass is 79.9. The number of imidazole rings is 1. The number of thiazole rings is 1. The Kier molecular flexibility index (Phi) is 3.14. The van der Waals surface area contributed by atoms with E-state index in [1.165, 1.54) is 11.3 Å². The lowest BCUT2D eigenvalue weighted by molar-refractivity contribution is 0.0688. The van der Waals surface area contributed by atoms with Gasteiger partial charge in [-0.05, 0) is 31.5 Å². The maximum atomic E-state index is 11.5. The van der Waals surface area contributed by atoms with Crippen LogP contribution in [0.4, 0.5) is 0 Å². The van der Waals surface area contributed by atoms with E-state index in [4.69, 9.17) is 0 Å². The molecule has 0 fully saturated rings. The van der Waals surface area contributed by atoms with Gasteiger partial charge in [0.25, 0.3) is 0 Å². The number of rotatable bonds is 2. The lowest BCUT2D eigenvalue weighted by Crippen LogP contribution is -2.04. The summed E-state index contributed by atoms with van der Waals surface area (Å²) in [6, 6.07) is 7.84. The summed E-state index contributed by atoms with van der Waals surface area (Å²) in [4.78, 5) is 17.6. The second kappa shape index (κ2) is 4.71. The van der Waals surface area contributed by atoms with Crippen LogP contribution in [0.15, 0.2) is 28.7 Å². The second-order valence-corrected chi connectivity index (χ2v) is 6.58. The lowest BCUT2D eigenvalue weighted by atomic mass is 10.1. The van der Waals surface area contributed by atoms with Gasteiger partial charge >= 0.3 is 5.97 Å². The van der Waals surface area contributed by atoms with Crippen LogP contribution >= 0.6 is 27.3 Å². The smallest absolute Gasteiger partial charge is 0.354 e. The monoisotopic (exact) mass is 350 g/mol. The number of hydrogen-bond acceptors (Lipinski definition) is 3. The Labute approximate surface area is 127 Å². The zero-order chi connectivity index (χ0) is 14.4. The van der Waals surface area contributed by atoms with Crippen LogP contribution in [0, 0.1) is 13.8 Å². The molecule has 2 aromatic heterocycles. The molecule has 3 rings (SSSR count). The van der Waals surface area contributed by atoms with Crippen molar-refractivity contribution < 1.29 is 9.90 Å². The maximum Gasteiger partial charge on any atom is 0.354 e. The molecule has 20 heavy (non-hydrogen) atoms. The Morgan fingerprint density at radius 2 is 1.95 bits per heavy atom. The van der Waals surface area contributed by atoms with Crippen molar-refractivity contribution in [1.29, 1.82) is 0 Å². The third kappa shape index (κ3) is 1.96. The molecule has 4 nitrogen and oxygen atoms in total. The van der Waals surface area contributed by atoms with Gasteiger partial charge in [0.15, 0.2) is 10.7 Å². The SMILES string of the molecule is Cc1nc2sc(C)c(-c3ccc(Br)cc3)n2c1C(=O)O. The Hall–Kier alpha value is -1.66. The molecule has 3 aromatic rings. The molecule has 0 aliphatic carbocycles. The molecule has 0 radical (unpaired) electrons. The highest BCUT2D eigenvalue weighted by Gasteiger charge is 2.22. The summed E-state index contributed by atoms with van der Waals surface area (Å²) < 4.78 is 2.73. The average molecular weight is 351 g/mol. The molecule has 0 aliphatic heterocycles. The van der Waals surface area contributed by atoms with E-state index in [9.17, 15) is 9.90 Å². The molecule has 6 heteroatoms. The fourth-order valence-electron chi connectivity index (χ4n) is 2.31. The van der Waals surface area contributed by atoms with Gasteiger partial charge in [0.1, 0.15) is 0 Å². The van der Waals surface area contributed by atoms with E-state index in [0.29, 0.717) is 5.69 Å². The van der Waals surface area contributed by atoms with E-state index >= 15 is 0 Å². The number of fused-ring (bicyclic) bond motifs is 1. The summed E-state index contributed by atoms with van der Waals surface area (Å²) in [5, 5.41) is 9.41. The Bertz CT molecular complexity index is 818. The first-order valence-corrected chi connectivity index (χ1v) is 7.57. The van der Waals surface area contributed by atoms with Crippen LogP contribution in [-0.2, 0) is 0 Å². The number of carboxylic acids is 1. The van der Waals surface area contributed by atoms with Crippen LogP contribution in [0.1, 0.15) is 21.1 Å². The van der Waals surface area contributed by atoms with E-state index in [-0.39, 0.29) is 5.69 Å². The van der Waals surface area contributed by atoms with Crippen LogP contribution in [0.2, 0.25) is 0 Å². The molecule has 0 bridgehead atoms. The van der Waals surface area contributed by atoms with E-state index in [2.05, 4.69) is 20.9 Å². The van der Waals surface area contributed by atoms with Gasteiger partial charge in [0.2, 0.25) is 0 Å². The minimum Gasteiger partial charge on any atom is -0.477 e. The van der Waals surface area contributed by atoms with Crippen LogP contribution in [0.25, 0.3) is 16.2 Å². The fourth-order valence-corrected chi connectivity index (χ4v) is 3.61. The van der Waals surface area contributed by atoms with Crippen LogP contribution in [0.3, 0.4) is 0 Å². The number of carbonyl (C=O) groups is 1. The first kappa shape index (κ1) is 13.3. The van der Waals surface area contributed by atoms with Crippen molar-refractivity contribution in [1.82, 2.24) is 9.38 Å². The third-order valence-electron chi connectivity index (χ3n) is 3.14. The first-order chi connectivity index (χ1) is 9.49. The minimum absolute atomic E-state index is 0.238. The predicted octanol–water partition coefficient (Wildman–Crippen LogP) is 4.14. The third-order valence-corrected chi connectivity index (χ3v) is 4.63. The molecule has 0 spiro atoms. The number of benzene rings is 1. The molecule has 0 amide bonds. The van der Waals surface area contributed by atoms with Crippen molar-refractivity contribution in [2.45, 2.75) is 13.8 Å². The molecule has 0 saturated carbocycles. The van der Waals surface area contributed by atoms with Crippen LogP contribution < -0.4 is 0 Å². The normalized spacial score (nSPS) is 11.2. The fraction of sp³-hybridized carbons (Fsp3) is 0.143. The summed E-state index contributed by atoms with van der Waals surface area (Å²) in [5.74, 6) is -0.953. The van der Waals surface area contributed by atoms with Gasteiger partial charge in [-0.25, -0.2) is 9.78 Å². The minimum atomic E-state index is -0.953. The number of carboxylic acid groups (broad SMARTS) is 1. The van der Waals surface area contributed by atoms with Gasteiger partial charge < -0.3 is 5.11 Å². The quantitative estimate of drug-likeness (QED) is 0.755. The second-order valence-electron chi connectivity index (χ2n) is 4.48. The largest absolute Gasteiger partial charge is 0.477 e. The maximum absolute atomic E-state index is 11.5. The van der Waals surface area contributed by atoms with Gasteiger partial charge in [-0.2, -0.15) is 0 Å². The molecule has 0 atom stereocenters. The van der Waals surface area contributed by atoms with Gasteiger partial charge in [0, 0.05) is 9.35 Å². The summed E-state index contributed by atoms with van der Waals surface area (Å²) in [5.41, 5.74) is 2.66. The van der Waals surface area contributed by atoms with Crippen LogP contribution in [-0.4, -0.2) is 20.5 Å². The number of aryl methyl sites for hydroxylation is 2. The zero-order valence-electron chi connectivity index (χ0n) is 10.8. The highest BCUT2D eigenvalue weighted by Crippen LogP contribution is 2.33. The molecule has 0 saturated heterocycles. The lowest BCUT2D eigenvalue weighted by Gasteiger charge is -2.04. The molecule has 102 valence electrons. The first-order valence-electron chi connectivity index (χ1n) is 5.96. The number of nitrogens with zero attached hydrogens (tertiary/aromatic N) is 2. The zero-order valence-corrected chi connectivity index (χ0v) is 13.2. The van der Waals surface area contributed by atoms with Gasteiger partial charge in [-0.15, -0.1) is 11.3 Å². The van der Waals surface area contributed by atoms with Gasteiger partial charge in [-0.1, -0.05) is 28.1 Å². The van der Waals surface area contributed by atoms with Crippen LogP contribution in [0.5, 0.6) is 0 Å². The van der Waals surface area contributed by atoms with Crippen molar-refractivity contribution >= 4 is 38.2 Å². The van der Waals surface area contributed by atoms with Crippen molar-refractivity contribution in [2.24, 2.45) is 0 Å². The molecule has 0 aliphatic rings. The molecule has 2 heterocycles. The average Bonchev–Trinajstić information content (AvgIpc) is 2.83. The van der Waals surface area contributed by atoms with E-state index < -0.39 is 5.97 Å². The number of aromatic carboxylic acids is 1. The number of halogens is 1. The highest BCUT2D eigenvalue weighted by molar-refractivity contribution is 9.10. The standard InChI is InChI=1S/C14H11BrN2O2S/c1-7-11(13(18)19)17-12(8(2)20-14(17)16-7)9-3-5-10(15)6-4-9/h3-6H,1-2H3,(H,18,19). The Morgan fingerprint density at radius 1 is 1.30 bits per heavy atom. The topological polar surface area (TPSA) is 54.6 Å². The van der Waals surface area contributed by atoms with Gasteiger partial charge in [-0.3, -0.25) is 4.40 Å². The molecule has 1 N–H and O–H groups in total. The summed E-state index contributed by atoms with van der Waals surface area (Å²) in [7, 11) is 0. The number of hydrogen-bond donors (Lipinski definition) is 1. The van der Waals surface area contributed by atoms with Crippen molar-refractivity contribution in [3.8, 4) is 11.3 Å². The van der Waals surface area contributed by atoms with E-state index in [0.717, 1.165) is 25.6 Å². The van der Waals surface area contributed by atoms with E-state index in [1.54, 1.807) is 11.3 Å². The Morgan fingerprint density at radius 3 is 2.55 bits per heavy atom.